The molecule has 0 aliphatic rings. The van der Waals surface area contributed by atoms with Crippen molar-refractivity contribution in [2.45, 2.75) is 6.92 Å². The molecule has 0 saturated heterocycles. The Bertz CT molecular complexity index is 773. The minimum Gasteiger partial charge on any atom is -0.464 e. The number of hydrogen-bond donors (Lipinski definition) is 0. The summed E-state index contributed by atoms with van der Waals surface area (Å²) < 4.78 is 11.9. The lowest BCUT2D eigenvalue weighted by Gasteiger charge is -2.08. The molecule has 5 nitrogen and oxygen atoms in total. The Morgan fingerprint density at radius 2 is 2.05 bits per heavy atom. The highest BCUT2D eigenvalue weighted by atomic mass is 16.5. The molecule has 0 atom stereocenters. The van der Waals surface area contributed by atoms with Crippen LogP contribution in [0, 0.1) is 6.92 Å². The molecule has 0 aliphatic carbocycles. The second-order valence-corrected chi connectivity index (χ2v) is 4.58. The number of furan rings is 1. The molecule has 0 unspecified atom stereocenters. The van der Waals surface area contributed by atoms with Crippen LogP contribution in [0.5, 0.6) is 0 Å². The lowest BCUT2D eigenvalue weighted by Crippen LogP contribution is -2.05. The summed E-state index contributed by atoms with van der Waals surface area (Å²) in [6.45, 7) is 1.99. The van der Waals surface area contributed by atoms with Gasteiger partial charge in [0.15, 0.2) is 11.5 Å². The smallest absolute Gasteiger partial charge is 0.358 e. The zero-order chi connectivity index (χ0) is 14.8. The number of ether oxygens (including phenoxy) is 1. The fourth-order valence-corrected chi connectivity index (χ4v) is 2.17. The van der Waals surface area contributed by atoms with Crippen LogP contribution < -0.4 is 0 Å². The van der Waals surface area contributed by atoms with Crippen LogP contribution in [0.15, 0.2) is 53.1 Å². The Balaban J connectivity index is 2.21. The Hall–Kier alpha value is -2.82. The minimum absolute atomic E-state index is 0.243. The molecular formula is C16H14N2O3. The van der Waals surface area contributed by atoms with Crippen LogP contribution in [0.2, 0.25) is 0 Å². The molecule has 2 aromatic heterocycles. The van der Waals surface area contributed by atoms with Crippen LogP contribution >= 0.6 is 0 Å². The topological polar surface area (TPSA) is 57.3 Å². The van der Waals surface area contributed by atoms with Crippen molar-refractivity contribution in [2.75, 3.05) is 7.11 Å². The first-order chi connectivity index (χ1) is 10.2. The van der Waals surface area contributed by atoms with Crippen LogP contribution in [0.4, 0.5) is 0 Å². The van der Waals surface area contributed by atoms with Crippen LogP contribution in [0.1, 0.15) is 16.1 Å². The molecule has 0 aliphatic heterocycles. The molecule has 0 saturated carbocycles. The second-order valence-electron chi connectivity index (χ2n) is 4.58. The quantitative estimate of drug-likeness (QED) is 0.692. The first-order valence-electron chi connectivity index (χ1n) is 6.49. The number of nitrogens with zero attached hydrogens (tertiary/aromatic N) is 2. The molecule has 2 heterocycles. The van der Waals surface area contributed by atoms with Crippen molar-refractivity contribution in [3.63, 3.8) is 0 Å². The molecule has 3 rings (SSSR count). The summed E-state index contributed by atoms with van der Waals surface area (Å²) in [5.41, 5.74) is 2.88. The van der Waals surface area contributed by atoms with Gasteiger partial charge in [-0.05, 0) is 30.7 Å². The second kappa shape index (κ2) is 5.28. The zero-order valence-electron chi connectivity index (χ0n) is 11.7. The zero-order valence-corrected chi connectivity index (χ0v) is 11.7. The van der Waals surface area contributed by atoms with Crippen molar-refractivity contribution in [1.82, 2.24) is 9.78 Å². The third kappa shape index (κ3) is 2.33. The van der Waals surface area contributed by atoms with Crippen LogP contribution in [-0.4, -0.2) is 22.9 Å². The molecular weight excluding hydrogens is 268 g/mol. The standard InChI is InChI=1S/C16H14N2O3/c1-11-6-3-4-7-13(11)18-14(15-8-5-9-21-15)10-12(17-18)16(19)20-2/h3-10H,1-2H3. The van der Waals surface area contributed by atoms with Gasteiger partial charge in [0.1, 0.15) is 5.69 Å². The third-order valence-electron chi connectivity index (χ3n) is 3.22. The van der Waals surface area contributed by atoms with Gasteiger partial charge in [0.2, 0.25) is 0 Å². The fraction of sp³-hybridized carbons (Fsp3) is 0.125. The maximum atomic E-state index is 11.7. The van der Waals surface area contributed by atoms with Crippen molar-refractivity contribution in [3.05, 3.63) is 60.0 Å². The summed E-state index contributed by atoms with van der Waals surface area (Å²) in [4.78, 5) is 11.7. The van der Waals surface area contributed by atoms with E-state index in [9.17, 15) is 4.79 Å². The van der Waals surface area contributed by atoms with E-state index in [0.717, 1.165) is 11.3 Å². The Kier molecular flexibility index (Phi) is 3.31. The number of methoxy groups -OCH3 is 1. The van der Waals surface area contributed by atoms with E-state index in [1.807, 2.05) is 37.3 Å². The summed E-state index contributed by atoms with van der Waals surface area (Å²) in [7, 11) is 1.34. The molecule has 1 aromatic carbocycles. The summed E-state index contributed by atoms with van der Waals surface area (Å²) >= 11 is 0. The first kappa shape index (κ1) is 13.2. The lowest BCUT2D eigenvalue weighted by molar-refractivity contribution is 0.0593. The molecule has 3 aromatic rings. The Morgan fingerprint density at radius 1 is 1.24 bits per heavy atom. The number of carbonyl (C=O) groups is 1. The molecule has 0 radical (unpaired) electrons. The van der Waals surface area contributed by atoms with E-state index in [2.05, 4.69) is 5.10 Å². The number of rotatable bonds is 3. The van der Waals surface area contributed by atoms with Gasteiger partial charge in [-0.3, -0.25) is 0 Å². The van der Waals surface area contributed by atoms with E-state index in [1.54, 1.807) is 23.1 Å². The van der Waals surface area contributed by atoms with E-state index < -0.39 is 5.97 Å². The molecule has 0 amide bonds. The van der Waals surface area contributed by atoms with Crippen LogP contribution in [0.25, 0.3) is 17.1 Å². The van der Waals surface area contributed by atoms with Crippen molar-refractivity contribution in [3.8, 4) is 17.1 Å². The normalized spacial score (nSPS) is 10.6. The summed E-state index contributed by atoms with van der Waals surface area (Å²) in [6, 6.07) is 13.1. The van der Waals surface area contributed by atoms with Gasteiger partial charge < -0.3 is 9.15 Å². The number of esters is 1. The summed E-state index contributed by atoms with van der Waals surface area (Å²) in [5, 5.41) is 4.35. The number of carbonyl (C=O) groups excluding carboxylic acids is 1. The molecule has 106 valence electrons. The number of benzene rings is 1. The van der Waals surface area contributed by atoms with Gasteiger partial charge in [0.05, 0.1) is 19.1 Å². The van der Waals surface area contributed by atoms with Gasteiger partial charge in [-0.25, -0.2) is 9.48 Å². The van der Waals surface area contributed by atoms with Crippen LogP contribution in [0.3, 0.4) is 0 Å². The average molecular weight is 282 g/mol. The average Bonchev–Trinajstić information content (AvgIpc) is 3.15. The lowest BCUT2D eigenvalue weighted by atomic mass is 10.2. The van der Waals surface area contributed by atoms with Crippen LogP contribution in [-0.2, 0) is 4.74 Å². The summed E-state index contributed by atoms with van der Waals surface area (Å²) in [5.74, 6) is 0.163. The van der Waals surface area contributed by atoms with E-state index in [1.165, 1.54) is 7.11 Å². The van der Waals surface area contributed by atoms with E-state index in [4.69, 9.17) is 9.15 Å². The van der Waals surface area contributed by atoms with E-state index in [0.29, 0.717) is 11.5 Å². The number of para-hydroxylation sites is 1. The van der Waals surface area contributed by atoms with Crippen molar-refractivity contribution in [1.29, 1.82) is 0 Å². The highest BCUT2D eigenvalue weighted by molar-refractivity contribution is 5.88. The van der Waals surface area contributed by atoms with Crippen molar-refractivity contribution < 1.29 is 13.9 Å². The molecule has 21 heavy (non-hydrogen) atoms. The first-order valence-corrected chi connectivity index (χ1v) is 6.49. The predicted octanol–water partition coefficient (Wildman–Crippen LogP) is 3.23. The van der Waals surface area contributed by atoms with E-state index in [-0.39, 0.29) is 5.69 Å². The molecule has 0 bridgehead atoms. The van der Waals surface area contributed by atoms with Gasteiger partial charge in [-0.15, -0.1) is 0 Å². The highest BCUT2D eigenvalue weighted by Crippen LogP contribution is 2.26. The molecule has 0 N–H and O–H groups in total. The SMILES string of the molecule is COC(=O)c1cc(-c2ccco2)n(-c2ccccc2C)n1. The monoisotopic (exact) mass is 282 g/mol. The summed E-state index contributed by atoms with van der Waals surface area (Å²) in [6.07, 6.45) is 1.59. The Morgan fingerprint density at radius 3 is 2.71 bits per heavy atom. The fourth-order valence-electron chi connectivity index (χ4n) is 2.17. The largest absolute Gasteiger partial charge is 0.464 e. The maximum absolute atomic E-state index is 11.7. The predicted molar refractivity (Wildman–Crippen MR) is 77.3 cm³/mol. The van der Waals surface area contributed by atoms with Gasteiger partial charge in [-0.1, -0.05) is 18.2 Å². The Labute approximate surface area is 121 Å². The minimum atomic E-state index is -0.477. The van der Waals surface area contributed by atoms with Gasteiger partial charge in [0.25, 0.3) is 0 Å². The van der Waals surface area contributed by atoms with Gasteiger partial charge in [-0.2, -0.15) is 5.10 Å². The molecule has 0 fully saturated rings. The van der Waals surface area contributed by atoms with E-state index >= 15 is 0 Å². The number of aryl methyl sites for hydroxylation is 1. The third-order valence-corrected chi connectivity index (χ3v) is 3.22. The number of hydrogen-bond acceptors (Lipinski definition) is 4. The maximum Gasteiger partial charge on any atom is 0.358 e. The van der Waals surface area contributed by atoms with Gasteiger partial charge >= 0.3 is 5.97 Å². The number of aromatic nitrogens is 2. The highest BCUT2D eigenvalue weighted by Gasteiger charge is 2.19. The molecule has 0 spiro atoms. The van der Waals surface area contributed by atoms with Gasteiger partial charge in [0, 0.05) is 6.07 Å². The van der Waals surface area contributed by atoms with Crippen molar-refractivity contribution in [2.24, 2.45) is 0 Å². The van der Waals surface area contributed by atoms with Crippen molar-refractivity contribution >= 4 is 5.97 Å². The molecule has 5 heteroatoms.